The smallest absolute Gasteiger partial charge is 0.156 e. The fourth-order valence-corrected chi connectivity index (χ4v) is 2.32. The van der Waals surface area contributed by atoms with E-state index in [-0.39, 0.29) is 0 Å². The number of rotatable bonds is 3. The van der Waals surface area contributed by atoms with E-state index in [0.29, 0.717) is 6.42 Å². The average molecular weight is 318 g/mol. The number of hydrogen-bond donors (Lipinski definition) is 0. The van der Waals surface area contributed by atoms with E-state index in [4.69, 9.17) is 4.74 Å². The largest absolute Gasteiger partial charge is 0.496 e. The number of aromatic nitrogens is 3. The van der Waals surface area contributed by atoms with Crippen LogP contribution in [0, 0.1) is 0 Å². The number of pyridine rings is 1. The number of fused-ring (bicyclic) bond motifs is 1. The minimum absolute atomic E-state index is 0.656. The number of ether oxygens (including phenoxy) is 1. The summed E-state index contributed by atoms with van der Waals surface area (Å²) in [5, 5.41) is 4.45. The Morgan fingerprint density at radius 1 is 1.26 bits per heavy atom. The van der Waals surface area contributed by atoms with E-state index in [1.54, 1.807) is 11.6 Å². The molecule has 3 rings (SSSR count). The molecule has 0 radical (unpaired) electrons. The van der Waals surface area contributed by atoms with Gasteiger partial charge in [-0.2, -0.15) is 5.10 Å². The molecule has 0 saturated carbocycles. The molecule has 0 amide bonds. The zero-order valence-electron chi connectivity index (χ0n) is 10.4. The number of nitrogens with zero attached hydrogens (tertiary/aromatic N) is 3. The third-order valence-electron chi connectivity index (χ3n) is 2.88. The normalized spacial score (nSPS) is 10.8. The molecular formula is C14H12BrN3O. The Kier molecular flexibility index (Phi) is 3.21. The zero-order chi connectivity index (χ0) is 13.2. The summed E-state index contributed by atoms with van der Waals surface area (Å²) in [6.07, 6.45) is 2.54. The van der Waals surface area contributed by atoms with Crippen molar-refractivity contribution in [3.63, 3.8) is 0 Å². The highest BCUT2D eigenvalue weighted by Gasteiger charge is 2.08. The number of hydrogen-bond acceptors (Lipinski definition) is 3. The van der Waals surface area contributed by atoms with Crippen LogP contribution in [0.3, 0.4) is 0 Å². The monoisotopic (exact) mass is 317 g/mol. The molecule has 3 aromatic rings. The van der Waals surface area contributed by atoms with E-state index in [1.807, 2.05) is 42.6 Å². The molecule has 0 saturated heterocycles. The highest BCUT2D eigenvalue weighted by atomic mass is 79.9. The Labute approximate surface area is 119 Å². The van der Waals surface area contributed by atoms with Crippen molar-refractivity contribution in [2.24, 2.45) is 0 Å². The predicted octanol–water partition coefficient (Wildman–Crippen LogP) is 3.09. The molecule has 2 aromatic heterocycles. The van der Waals surface area contributed by atoms with Crippen molar-refractivity contribution in [3.05, 3.63) is 58.5 Å². The molecule has 0 N–H and O–H groups in total. The van der Waals surface area contributed by atoms with Crippen molar-refractivity contribution >= 4 is 21.6 Å². The van der Waals surface area contributed by atoms with Crippen molar-refractivity contribution in [1.29, 1.82) is 0 Å². The molecule has 0 bridgehead atoms. The summed E-state index contributed by atoms with van der Waals surface area (Å²) in [6, 6.07) is 11.8. The highest BCUT2D eigenvalue weighted by molar-refractivity contribution is 9.10. The molecule has 0 spiro atoms. The maximum absolute atomic E-state index is 5.34. The Bertz CT molecular complexity index is 724. The molecule has 0 atom stereocenters. The molecule has 0 aliphatic rings. The average Bonchev–Trinajstić information content (AvgIpc) is 2.80. The quantitative estimate of drug-likeness (QED) is 0.745. The van der Waals surface area contributed by atoms with Crippen molar-refractivity contribution in [2.75, 3.05) is 7.11 Å². The van der Waals surface area contributed by atoms with Crippen molar-refractivity contribution in [3.8, 4) is 5.75 Å². The second kappa shape index (κ2) is 5.01. The van der Waals surface area contributed by atoms with Crippen LogP contribution in [0.25, 0.3) is 5.65 Å². The Hall–Kier alpha value is -1.88. The number of methoxy groups -OCH3 is 1. The lowest BCUT2D eigenvalue weighted by molar-refractivity contribution is 0.410. The Morgan fingerprint density at radius 2 is 2.11 bits per heavy atom. The summed E-state index contributed by atoms with van der Waals surface area (Å²) in [7, 11) is 1.67. The molecule has 19 heavy (non-hydrogen) atoms. The maximum Gasteiger partial charge on any atom is 0.156 e. The van der Waals surface area contributed by atoms with Gasteiger partial charge in [0, 0.05) is 22.7 Å². The molecule has 0 fully saturated rings. The molecule has 1 aromatic carbocycles. The first-order chi connectivity index (χ1) is 9.26. The van der Waals surface area contributed by atoms with Gasteiger partial charge >= 0.3 is 0 Å². The second-order valence-corrected chi connectivity index (χ2v) is 5.08. The first kappa shape index (κ1) is 12.2. The highest BCUT2D eigenvalue weighted by Crippen LogP contribution is 2.20. The van der Waals surface area contributed by atoms with Crippen molar-refractivity contribution in [2.45, 2.75) is 6.42 Å². The van der Waals surface area contributed by atoms with Gasteiger partial charge in [-0.05, 0) is 18.2 Å². The van der Waals surface area contributed by atoms with Crippen LogP contribution in [0.2, 0.25) is 0 Å². The zero-order valence-corrected chi connectivity index (χ0v) is 12.0. The minimum Gasteiger partial charge on any atom is -0.496 e. The van der Waals surface area contributed by atoms with Crippen LogP contribution in [0.5, 0.6) is 5.75 Å². The fraction of sp³-hybridized carbons (Fsp3) is 0.143. The van der Waals surface area contributed by atoms with Crippen molar-refractivity contribution < 1.29 is 4.74 Å². The minimum atomic E-state index is 0.656. The van der Waals surface area contributed by atoms with Crippen molar-refractivity contribution in [1.82, 2.24) is 14.6 Å². The summed E-state index contributed by atoms with van der Waals surface area (Å²) >= 11 is 3.43. The summed E-state index contributed by atoms with van der Waals surface area (Å²) < 4.78 is 8.11. The molecule has 0 aliphatic carbocycles. The summed E-state index contributed by atoms with van der Waals surface area (Å²) in [5.41, 5.74) is 1.92. The van der Waals surface area contributed by atoms with E-state index in [0.717, 1.165) is 27.3 Å². The van der Waals surface area contributed by atoms with E-state index in [9.17, 15) is 0 Å². The molecule has 4 nitrogen and oxygen atoms in total. The van der Waals surface area contributed by atoms with E-state index >= 15 is 0 Å². The SMILES string of the molecule is COc1ccccc1Cc1nc2cc(Br)ccn2n1. The third-order valence-corrected chi connectivity index (χ3v) is 3.38. The number of para-hydroxylation sites is 1. The van der Waals surface area contributed by atoms with Crippen LogP contribution in [0.15, 0.2) is 47.1 Å². The van der Waals surface area contributed by atoms with Gasteiger partial charge in [-0.3, -0.25) is 0 Å². The lowest BCUT2D eigenvalue weighted by atomic mass is 10.1. The van der Waals surface area contributed by atoms with Gasteiger partial charge in [0.15, 0.2) is 11.5 Å². The third kappa shape index (κ3) is 2.46. The fourth-order valence-electron chi connectivity index (χ4n) is 2.00. The van der Waals surface area contributed by atoms with Crippen LogP contribution in [0.4, 0.5) is 0 Å². The summed E-state index contributed by atoms with van der Waals surface area (Å²) in [6.45, 7) is 0. The van der Waals surface area contributed by atoms with E-state index < -0.39 is 0 Å². The van der Waals surface area contributed by atoms with E-state index in [2.05, 4.69) is 26.0 Å². The topological polar surface area (TPSA) is 39.4 Å². The molecule has 0 unspecified atom stereocenters. The predicted molar refractivity (Wildman–Crippen MR) is 76.5 cm³/mol. The molecule has 5 heteroatoms. The first-order valence-corrected chi connectivity index (χ1v) is 6.68. The Balaban J connectivity index is 1.96. The molecule has 96 valence electrons. The first-order valence-electron chi connectivity index (χ1n) is 5.89. The number of halogens is 1. The second-order valence-electron chi connectivity index (χ2n) is 4.16. The van der Waals surface area contributed by atoms with Gasteiger partial charge in [-0.1, -0.05) is 34.1 Å². The summed E-state index contributed by atoms with van der Waals surface area (Å²) in [4.78, 5) is 4.51. The maximum atomic E-state index is 5.34. The lowest BCUT2D eigenvalue weighted by Crippen LogP contribution is -1.95. The molecule has 0 aliphatic heterocycles. The summed E-state index contributed by atoms with van der Waals surface area (Å²) in [5.74, 6) is 1.64. The molecule has 2 heterocycles. The van der Waals surface area contributed by atoms with E-state index in [1.165, 1.54) is 0 Å². The number of benzene rings is 1. The van der Waals surface area contributed by atoms with Crippen LogP contribution < -0.4 is 4.74 Å². The van der Waals surface area contributed by atoms with Gasteiger partial charge in [-0.15, -0.1) is 0 Å². The van der Waals surface area contributed by atoms with Gasteiger partial charge in [0.25, 0.3) is 0 Å². The van der Waals surface area contributed by atoms with Crippen LogP contribution in [0.1, 0.15) is 11.4 Å². The lowest BCUT2D eigenvalue weighted by Gasteiger charge is -2.05. The van der Waals surface area contributed by atoms with Gasteiger partial charge in [-0.25, -0.2) is 9.50 Å². The standard InChI is InChI=1S/C14H12BrN3O/c1-19-12-5-3-2-4-10(12)8-13-16-14-9-11(15)6-7-18(14)17-13/h2-7,9H,8H2,1H3. The van der Waals surface area contributed by atoms with Crippen LogP contribution >= 0.6 is 15.9 Å². The van der Waals surface area contributed by atoms with Gasteiger partial charge in [0.1, 0.15) is 5.75 Å². The van der Waals surface area contributed by atoms with Crippen LogP contribution in [-0.4, -0.2) is 21.7 Å². The Morgan fingerprint density at radius 3 is 2.95 bits per heavy atom. The molecular weight excluding hydrogens is 306 g/mol. The van der Waals surface area contributed by atoms with Gasteiger partial charge in [0.05, 0.1) is 7.11 Å². The van der Waals surface area contributed by atoms with Crippen LogP contribution in [-0.2, 0) is 6.42 Å². The van der Waals surface area contributed by atoms with Gasteiger partial charge in [0.2, 0.25) is 0 Å². The van der Waals surface area contributed by atoms with Gasteiger partial charge < -0.3 is 4.74 Å².